The largest absolute Gasteiger partial charge is 0.378 e. The van der Waals surface area contributed by atoms with E-state index in [2.05, 4.69) is 32.9 Å². The van der Waals surface area contributed by atoms with Crippen LogP contribution in [-0.4, -0.2) is 9.38 Å². The number of anilines is 1. The lowest BCUT2D eigenvalue weighted by molar-refractivity contribution is 1.08. The van der Waals surface area contributed by atoms with Crippen LogP contribution in [0.5, 0.6) is 0 Å². The van der Waals surface area contributed by atoms with E-state index in [4.69, 9.17) is 23.2 Å². The summed E-state index contributed by atoms with van der Waals surface area (Å²) in [6.07, 6.45) is 3.79. The summed E-state index contributed by atoms with van der Waals surface area (Å²) in [6.45, 7) is 0.611. The number of hydrogen-bond acceptors (Lipinski definition) is 2. The second-order valence-corrected chi connectivity index (χ2v) is 6.41. The topological polar surface area (TPSA) is 29.3 Å². The van der Waals surface area contributed by atoms with Crippen LogP contribution >= 0.6 is 45.8 Å². The van der Waals surface area contributed by atoms with Crippen LogP contribution in [0.3, 0.4) is 0 Å². The average molecular weight is 418 g/mol. The van der Waals surface area contributed by atoms with Gasteiger partial charge in [0.05, 0.1) is 28.0 Å². The zero-order valence-corrected chi connectivity index (χ0v) is 13.9. The molecule has 3 aromatic rings. The fourth-order valence-corrected chi connectivity index (χ4v) is 3.01. The molecule has 0 fully saturated rings. The molecule has 102 valence electrons. The van der Waals surface area contributed by atoms with Gasteiger partial charge in [-0.05, 0) is 52.9 Å². The number of pyridine rings is 1. The Morgan fingerprint density at radius 1 is 1.15 bits per heavy atom. The monoisotopic (exact) mass is 417 g/mol. The fraction of sp³-hybridized carbons (Fsp3) is 0.0714. The lowest BCUT2D eigenvalue weighted by Crippen LogP contribution is -2.00. The SMILES string of the molecule is Clc1ccc2nc(CNc3ccc(I)cc3Cl)cn2c1. The normalized spacial score (nSPS) is 10.9. The van der Waals surface area contributed by atoms with E-state index in [0.717, 1.165) is 20.6 Å². The number of benzene rings is 1. The molecule has 20 heavy (non-hydrogen) atoms. The van der Waals surface area contributed by atoms with Gasteiger partial charge in [-0.3, -0.25) is 0 Å². The summed E-state index contributed by atoms with van der Waals surface area (Å²) >= 11 is 14.4. The number of nitrogens with zero attached hydrogens (tertiary/aromatic N) is 2. The van der Waals surface area contributed by atoms with Crippen LogP contribution in [0.25, 0.3) is 5.65 Å². The molecule has 0 saturated carbocycles. The number of imidazole rings is 1. The number of nitrogens with one attached hydrogen (secondary N) is 1. The summed E-state index contributed by atoms with van der Waals surface area (Å²) in [4.78, 5) is 4.51. The Bertz CT molecular complexity index is 770. The highest BCUT2D eigenvalue weighted by atomic mass is 127. The molecule has 2 heterocycles. The van der Waals surface area contributed by atoms with E-state index < -0.39 is 0 Å². The maximum absolute atomic E-state index is 6.18. The molecule has 0 unspecified atom stereocenters. The van der Waals surface area contributed by atoms with Crippen molar-refractivity contribution >= 4 is 57.1 Å². The summed E-state index contributed by atoms with van der Waals surface area (Å²) in [5, 5.41) is 4.69. The van der Waals surface area contributed by atoms with E-state index in [9.17, 15) is 0 Å². The van der Waals surface area contributed by atoms with Gasteiger partial charge in [0.1, 0.15) is 5.65 Å². The highest BCUT2D eigenvalue weighted by Crippen LogP contribution is 2.24. The van der Waals surface area contributed by atoms with Gasteiger partial charge >= 0.3 is 0 Å². The predicted molar refractivity (Wildman–Crippen MR) is 91.7 cm³/mol. The van der Waals surface area contributed by atoms with Crippen molar-refractivity contribution < 1.29 is 0 Å². The summed E-state index contributed by atoms with van der Waals surface area (Å²) in [5.41, 5.74) is 2.71. The molecule has 0 spiro atoms. The van der Waals surface area contributed by atoms with Gasteiger partial charge in [-0.1, -0.05) is 23.2 Å². The Hall–Kier alpha value is -0.980. The number of aromatic nitrogens is 2. The van der Waals surface area contributed by atoms with E-state index >= 15 is 0 Å². The summed E-state index contributed by atoms with van der Waals surface area (Å²) in [7, 11) is 0. The molecule has 0 aliphatic heterocycles. The van der Waals surface area contributed by atoms with Crippen molar-refractivity contribution in [2.24, 2.45) is 0 Å². The van der Waals surface area contributed by atoms with Crippen LogP contribution in [0.2, 0.25) is 10.0 Å². The van der Waals surface area contributed by atoms with Crippen LogP contribution < -0.4 is 5.32 Å². The van der Waals surface area contributed by atoms with Gasteiger partial charge in [0.25, 0.3) is 0 Å². The minimum absolute atomic E-state index is 0.611. The van der Waals surface area contributed by atoms with Crippen LogP contribution in [0.1, 0.15) is 5.69 Å². The van der Waals surface area contributed by atoms with E-state index in [1.54, 1.807) is 0 Å². The smallest absolute Gasteiger partial charge is 0.137 e. The third-order valence-electron chi connectivity index (χ3n) is 2.86. The van der Waals surface area contributed by atoms with Gasteiger partial charge in [0, 0.05) is 16.0 Å². The fourth-order valence-electron chi connectivity index (χ4n) is 1.92. The van der Waals surface area contributed by atoms with Gasteiger partial charge < -0.3 is 9.72 Å². The second-order valence-electron chi connectivity index (χ2n) is 4.32. The van der Waals surface area contributed by atoms with Gasteiger partial charge in [0.2, 0.25) is 0 Å². The van der Waals surface area contributed by atoms with Crippen molar-refractivity contribution in [3.05, 3.63) is 62.0 Å². The number of hydrogen-bond donors (Lipinski definition) is 1. The first kappa shape index (κ1) is 14.0. The summed E-state index contributed by atoms with van der Waals surface area (Å²) in [6, 6.07) is 9.63. The molecule has 0 aliphatic carbocycles. The van der Waals surface area contributed by atoms with Gasteiger partial charge in [-0.2, -0.15) is 0 Å². The van der Waals surface area contributed by atoms with Crippen molar-refractivity contribution in [3.8, 4) is 0 Å². The molecule has 0 bridgehead atoms. The molecule has 0 aliphatic rings. The molecular formula is C14H10Cl2IN3. The molecule has 3 nitrogen and oxygen atoms in total. The van der Waals surface area contributed by atoms with Crippen LogP contribution in [0.4, 0.5) is 5.69 Å². The predicted octanol–water partition coefficient (Wildman–Crippen LogP) is 4.86. The molecule has 3 rings (SSSR count). The standard InChI is InChI=1S/C14H10Cl2IN3/c15-9-1-4-14-19-11(8-20(14)7-9)6-18-13-3-2-10(17)5-12(13)16/h1-5,7-8,18H,6H2. The molecule has 6 heteroatoms. The first-order valence-electron chi connectivity index (χ1n) is 5.94. The van der Waals surface area contributed by atoms with Gasteiger partial charge in [-0.25, -0.2) is 4.98 Å². The third kappa shape index (κ3) is 3.02. The minimum Gasteiger partial charge on any atom is -0.378 e. The lowest BCUT2D eigenvalue weighted by Gasteiger charge is -2.06. The van der Waals surface area contributed by atoms with Crippen molar-refractivity contribution in [1.82, 2.24) is 9.38 Å². The Labute approximate surface area is 140 Å². The van der Waals surface area contributed by atoms with Crippen LogP contribution in [0, 0.1) is 3.57 Å². The zero-order chi connectivity index (χ0) is 14.1. The van der Waals surface area contributed by atoms with Crippen molar-refractivity contribution in [3.63, 3.8) is 0 Å². The van der Waals surface area contributed by atoms with Crippen LogP contribution in [0.15, 0.2) is 42.7 Å². The van der Waals surface area contributed by atoms with E-state index in [0.29, 0.717) is 16.6 Å². The van der Waals surface area contributed by atoms with Gasteiger partial charge in [0.15, 0.2) is 0 Å². The Balaban J connectivity index is 1.79. The maximum Gasteiger partial charge on any atom is 0.137 e. The zero-order valence-electron chi connectivity index (χ0n) is 10.3. The molecule has 0 radical (unpaired) electrons. The second kappa shape index (κ2) is 5.79. The maximum atomic E-state index is 6.18. The molecule has 1 N–H and O–H groups in total. The number of halogens is 3. The van der Waals surface area contributed by atoms with Crippen molar-refractivity contribution in [2.75, 3.05) is 5.32 Å². The summed E-state index contributed by atoms with van der Waals surface area (Å²) in [5.74, 6) is 0. The molecular weight excluding hydrogens is 408 g/mol. The average Bonchev–Trinajstić information content (AvgIpc) is 2.79. The molecule has 1 aromatic carbocycles. The van der Waals surface area contributed by atoms with Crippen molar-refractivity contribution in [2.45, 2.75) is 6.54 Å². The molecule has 0 saturated heterocycles. The Morgan fingerprint density at radius 3 is 2.80 bits per heavy atom. The quantitative estimate of drug-likeness (QED) is 0.616. The first-order chi connectivity index (χ1) is 9.61. The van der Waals surface area contributed by atoms with Gasteiger partial charge in [-0.15, -0.1) is 0 Å². The summed E-state index contributed by atoms with van der Waals surface area (Å²) < 4.78 is 3.02. The van der Waals surface area contributed by atoms with Crippen LogP contribution in [-0.2, 0) is 6.54 Å². The Morgan fingerprint density at radius 2 is 2.00 bits per heavy atom. The highest BCUT2D eigenvalue weighted by Gasteiger charge is 2.04. The highest BCUT2D eigenvalue weighted by molar-refractivity contribution is 14.1. The molecule has 2 aromatic heterocycles. The molecule has 0 atom stereocenters. The lowest BCUT2D eigenvalue weighted by atomic mass is 10.3. The first-order valence-corrected chi connectivity index (χ1v) is 7.77. The number of rotatable bonds is 3. The minimum atomic E-state index is 0.611. The molecule has 0 amide bonds. The Kier molecular flexibility index (Phi) is 4.05. The third-order valence-corrected chi connectivity index (χ3v) is 4.06. The van der Waals surface area contributed by atoms with E-state index in [-0.39, 0.29) is 0 Å². The van der Waals surface area contributed by atoms with E-state index in [1.165, 1.54) is 0 Å². The van der Waals surface area contributed by atoms with Crippen molar-refractivity contribution in [1.29, 1.82) is 0 Å². The number of fused-ring (bicyclic) bond motifs is 1. The van der Waals surface area contributed by atoms with E-state index in [1.807, 2.05) is 47.1 Å².